The van der Waals surface area contributed by atoms with E-state index in [0.29, 0.717) is 0 Å². The van der Waals surface area contributed by atoms with Gasteiger partial charge < -0.3 is 9.55 Å². The number of fused-ring (bicyclic) bond motifs is 1. The Balaban J connectivity index is 1.90. The first-order chi connectivity index (χ1) is 9.13. The molecule has 2 aromatic rings. The van der Waals surface area contributed by atoms with Crippen LogP contribution in [0.15, 0.2) is 22.7 Å². The molecule has 1 heterocycles. The minimum Gasteiger partial charge on any atom is -0.331 e. The van der Waals surface area contributed by atoms with Crippen LogP contribution in [0.1, 0.15) is 32.6 Å². The Labute approximate surface area is 127 Å². The van der Waals surface area contributed by atoms with Crippen molar-refractivity contribution in [2.75, 3.05) is 0 Å². The molecule has 0 radical (unpaired) electrons. The SMILES string of the molecule is CC1CCC(Cn2c(=S)[nH]c3ccc(Br)cc32)CC1. The molecule has 0 unspecified atom stereocenters. The van der Waals surface area contributed by atoms with E-state index < -0.39 is 0 Å². The Kier molecular flexibility index (Phi) is 3.81. The molecule has 1 saturated carbocycles. The standard InChI is InChI=1S/C15H19BrN2S/c1-10-2-4-11(5-3-10)9-18-14-8-12(16)6-7-13(14)17-15(18)19/h6-8,10-11H,2-5,9H2,1H3,(H,17,19). The molecule has 0 saturated heterocycles. The molecule has 1 aliphatic rings. The second-order valence-electron chi connectivity index (χ2n) is 5.83. The number of aromatic nitrogens is 2. The van der Waals surface area contributed by atoms with Crippen molar-refractivity contribution < 1.29 is 0 Å². The third kappa shape index (κ3) is 2.79. The largest absolute Gasteiger partial charge is 0.331 e. The minimum atomic E-state index is 0.779. The van der Waals surface area contributed by atoms with Gasteiger partial charge in [0.05, 0.1) is 11.0 Å². The molecule has 1 N–H and O–H groups in total. The zero-order valence-corrected chi connectivity index (χ0v) is 13.6. The predicted molar refractivity (Wildman–Crippen MR) is 85.9 cm³/mol. The zero-order chi connectivity index (χ0) is 13.4. The van der Waals surface area contributed by atoms with Gasteiger partial charge >= 0.3 is 0 Å². The van der Waals surface area contributed by atoms with E-state index in [1.165, 1.54) is 31.2 Å². The van der Waals surface area contributed by atoms with Crippen LogP contribution >= 0.6 is 28.1 Å². The van der Waals surface area contributed by atoms with E-state index >= 15 is 0 Å². The van der Waals surface area contributed by atoms with Crippen molar-refractivity contribution >= 4 is 39.2 Å². The Morgan fingerprint density at radius 1 is 1.32 bits per heavy atom. The summed E-state index contributed by atoms with van der Waals surface area (Å²) in [5.74, 6) is 1.68. The molecule has 0 bridgehead atoms. The number of imidazole rings is 1. The smallest absolute Gasteiger partial charge is 0.178 e. The second kappa shape index (κ2) is 5.41. The van der Waals surface area contributed by atoms with Crippen molar-refractivity contribution in [3.8, 4) is 0 Å². The van der Waals surface area contributed by atoms with Gasteiger partial charge in [-0.2, -0.15) is 0 Å². The molecule has 0 atom stereocenters. The molecule has 3 rings (SSSR count). The van der Waals surface area contributed by atoms with E-state index in [1.54, 1.807) is 0 Å². The van der Waals surface area contributed by atoms with Crippen LogP contribution in [0.4, 0.5) is 0 Å². The predicted octanol–water partition coefficient (Wildman–Crippen LogP) is 5.29. The first-order valence-corrected chi connectivity index (χ1v) is 8.21. The van der Waals surface area contributed by atoms with Crippen LogP contribution in [-0.4, -0.2) is 9.55 Å². The van der Waals surface area contributed by atoms with E-state index in [0.717, 1.165) is 33.1 Å². The van der Waals surface area contributed by atoms with Crippen molar-refractivity contribution in [2.24, 2.45) is 11.8 Å². The van der Waals surface area contributed by atoms with Crippen LogP contribution in [-0.2, 0) is 6.54 Å². The number of hydrogen-bond donors (Lipinski definition) is 1. The number of halogens is 1. The van der Waals surface area contributed by atoms with Gasteiger partial charge in [-0.05, 0) is 55.1 Å². The molecule has 1 aromatic heterocycles. The molecule has 19 heavy (non-hydrogen) atoms. The zero-order valence-electron chi connectivity index (χ0n) is 11.2. The van der Waals surface area contributed by atoms with Gasteiger partial charge in [-0.3, -0.25) is 0 Å². The summed E-state index contributed by atoms with van der Waals surface area (Å²) in [4.78, 5) is 3.31. The lowest BCUT2D eigenvalue weighted by Gasteiger charge is -2.26. The van der Waals surface area contributed by atoms with Crippen LogP contribution in [0.3, 0.4) is 0 Å². The highest BCUT2D eigenvalue weighted by molar-refractivity contribution is 9.10. The molecule has 1 aromatic carbocycles. The third-order valence-electron chi connectivity index (χ3n) is 4.31. The van der Waals surface area contributed by atoms with E-state index in [2.05, 4.69) is 50.6 Å². The fraction of sp³-hybridized carbons (Fsp3) is 0.533. The highest BCUT2D eigenvalue weighted by atomic mass is 79.9. The van der Waals surface area contributed by atoms with E-state index in [9.17, 15) is 0 Å². The lowest BCUT2D eigenvalue weighted by molar-refractivity contribution is 0.266. The van der Waals surface area contributed by atoms with E-state index in [1.807, 2.05) is 0 Å². The molecular formula is C15H19BrN2S. The summed E-state index contributed by atoms with van der Waals surface area (Å²) in [7, 11) is 0. The van der Waals surface area contributed by atoms with Gasteiger partial charge in [0, 0.05) is 11.0 Å². The molecule has 0 amide bonds. The van der Waals surface area contributed by atoms with Crippen molar-refractivity contribution in [2.45, 2.75) is 39.2 Å². The number of rotatable bonds is 2. The summed E-state index contributed by atoms with van der Waals surface area (Å²) in [5.41, 5.74) is 2.36. The Morgan fingerprint density at radius 3 is 2.79 bits per heavy atom. The first-order valence-electron chi connectivity index (χ1n) is 7.01. The summed E-state index contributed by atoms with van der Waals surface area (Å²) < 4.78 is 4.24. The lowest BCUT2D eigenvalue weighted by atomic mass is 9.83. The molecule has 1 fully saturated rings. The fourth-order valence-corrected chi connectivity index (χ4v) is 3.71. The highest BCUT2D eigenvalue weighted by Crippen LogP contribution is 2.30. The maximum atomic E-state index is 5.48. The Bertz CT molecular complexity index is 635. The molecule has 0 aliphatic heterocycles. The molecular weight excluding hydrogens is 320 g/mol. The highest BCUT2D eigenvalue weighted by Gasteiger charge is 2.19. The normalized spacial score (nSPS) is 23.9. The van der Waals surface area contributed by atoms with Crippen molar-refractivity contribution in [3.05, 3.63) is 27.4 Å². The summed E-state index contributed by atoms with van der Waals surface area (Å²) in [6, 6.07) is 6.31. The first kappa shape index (κ1) is 13.4. The molecule has 4 heteroatoms. The van der Waals surface area contributed by atoms with Gasteiger partial charge in [-0.15, -0.1) is 0 Å². The van der Waals surface area contributed by atoms with Gasteiger partial charge in [-0.25, -0.2) is 0 Å². The molecule has 0 spiro atoms. The number of nitrogens with zero attached hydrogens (tertiary/aromatic N) is 1. The van der Waals surface area contributed by atoms with E-state index in [-0.39, 0.29) is 0 Å². The van der Waals surface area contributed by atoms with Crippen LogP contribution in [0.5, 0.6) is 0 Å². The maximum absolute atomic E-state index is 5.48. The summed E-state index contributed by atoms with van der Waals surface area (Å²) in [6.45, 7) is 3.42. The fourth-order valence-electron chi connectivity index (χ4n) is 3.08. The number of H-pyrrole nitrogens is 1. The lowest BCUT2D eigenvalue weighted by Crippen LogP contribution is -2.17. The van der Waals surface area contributed by atoms with Crippen LogP contribution in [0.25, 0.3) is 11.0 Å². The van der Waals surface area contributed by atoms with E-state index in [4.69, 9.17) is 12.2 Å². The number of aromatic amines is 1. The number of benzene rings is 1. The quantitative estimate of drug-likeness (QED) is 0.738. The summed E-state index contributed by atoms with van der Waals surface area (Å²) in [6.07, 6.45) is 5.40. The monoisotopic (exact) mass is 338 g/mol. The van der Waals surface area contributed by atoms with Crippen molar-refractivity contribution in [1.29, 1.82) is 0 Å². The van der Waals surface area contributed by atoms with Gasteiger partial charge in [0.1, 0.15) is 0 Å². The third-order valence-corrected chi connectivity index (χ3v) is 5.13. The van der Waals surface area contributed by atoms with Crippen LogP contribution < -0.4 is 0 Å². The second-order valence-corrected chi connectivity index (χ2v) is 7.13. The van der Waals surface area contributed by atoms with Crippen LogP contribution in [0, 0.1) is 16.6 Å². The average Bonchev–Trinajstić information content (AvgIpc) is 2.69. The van der Waals surface area contributed by atoms with Crippen molar-refractivity contribution in [1.82, 2.24) is 9.55 Å². The van der Waals surface area contributed by atoms with Gasteiger partial charge in [0.15, 0.2) is 4.77 Å². The maximum Gasteiger partial charge on any atom is 0.178 e. The average molecular weight is 339 g/mol. The Hall–Kier alpha value is -0.610. The number of nitrogens with one attached hydrogen (secondary N) is 1. The van der Waals surface area contributed by atoms with Crippen LogP contribution in [0.2, 0.25) is 0 Å². The molecule has 102 valence electrons. The summed E-state index contributed by atoms with van der Waals surface area (Å²) >= 11 is 9.03. The summed E-state index contributed by atoms with van der Waals surface area (Å²) in [5, 5.41) is 0. The topological polar surface area (TPSA) is 20.7 Å². The van der Waals surface area contributed by atoms with Gasteiger partial charge in [0.2, 0.25) is 0 Å². The van der Waals surface area contributed by atoms with Crippen molar-refractivity contribution in [3.63, 3.8) is 0 Å². The number of hydrogen-bond acceptors (Lipinski definition) is 1. The molecule has 2 nitrogen and oxygen atoms in total. The minimum absolute atomic E-state index is 0.779. The van der Waals surface area contributed by atoms with Gasteiger partial charge in [-0.1, -0.05) is 35.7 Å². The molecule has 1 aliphatic carbocycles. The Morgan fingerprint density at radius 2 is 2.05 bits per heavy atom. The van der Waals surface area contributed by atoms with Gasteiger partial charge in [0.25, 0.3) is 0 Å².